The molecule has 1 N–H and O–H groups in total. The maximum atomic E-state index is 11.6. The lowest BCUT2D eigenvalue weighted by Gasteiger charge is -2.36. The molecule has 2 amide bonds. The van der Waals surface area contributed by atoms with Crippen molar-refractivity contribution in [1.82, 2.24) is 15.1 Å². The molecule has 0 aromatic rings. The van der Waals surface area contributed by atoms with Gasteiger partial charge in [-0.05, 0) is 19.8 Å². The zero-order valence-electron chi connectivity index (χ0n) is 11.6. The minimum absolute atomic E-state index is 0.168. The van der Waals surface area contributed by atoms with Crippen LogP contribution in [0.4, 0.5) is 4.79 Å². The zero-order valence-corrected chi connectivity index (χ0v) is 11.6. The highest BCUT2D eigenvalue weighted by Gasteiger charge is 2.25. The van der Waals surface area contributed by atoms with Gasteiger partial charge >= 0.3 is 6.09 Å². The molecule has 0 aromatic heterocycles. The second-order valence-electron chi connectivity index (χ2n) is 5.14. The van der Waals surface area contributed by atoms with Gasteiger partial charge in [0, 0.05) is 45.2 Å². The first-order chi connectivity index (χ1) is 9.19. The topological polar surface area (TPSA) is 61.9 Å². The number of piperazine rings is 1. The van der Waals surface area contributed by atoms with Crippen LogP contribution in [0.15, 0.2) is 0 Å². The molecule has 2 saturated heterocycles. The molecule has 1 unspecified atom stereocenters. The molecule has 2 heterocycles. The third-order valence-electron chi connectivity index (χ3n) is 3.70. The molecule has 108 valence electrons. The van der Waals surface area contributed by atoms with Crippen LogP contribution in [0.25, 0.3) is 0 Å². The fourth-order valence-electron chi connectivity index (χ4n) is 2.66. The van der Waals surface area contributed by atoms with E-state index < -0.39 is 0 Å². The van der Waals surface area contributed by atoms with Gasteiger partial charge in [-0.25, -0.2) is 4.79 Å². The minimum Gasteiger partial charge on any atom is -0.450 e. The Balaban J connectivity index is 1.71. The van der Waals surface area contributed by atoms with Crippen LogP contribution in [0.2, 0.25) is 0 Å². The van der Waals surface area contributed by atoms with E-state index in [1.807, 2.05) is 6.92 Å². The molecule has 6 heteroatoms. The first-order valence-electron chi connectivity index (χ1n) is 7.12. The summed E-state index contributed by atoms with van der Waals surface area (Å²) in [4.78, 5) is 27.0. The molecule has 0 aromatic carbocycles. The van der Waals surface area contributed by atoms with Crippen LogP contribution in [0.3, 0.4) is 0 Å². The fourth-order valence-corrected chi connectivity index (χ4v) is 2.66. The normalized spacial score (nSPS) is 25.0. The lowest BCUT2D eigenvalue weighted by Crippen LogP contribution is -2.53. The van der Waals surface area contributed by atoms with Crippen LogP contribution in [-0.2, 0) is 9.53 Å². The Hall–Kier alpha value is -1.30. The SMILES string of the molecule is CCOC(=O)N1CCN(CC2CCCC(=O)N2)CC1. The number of carbonyl (C=O) groups is 2. The predicted octanol–water partition coefficient (Wildman–Crippen LogP) is 0.429. The summed E-state index contributed by atoms with van der Waals surface area (Å²) in [5.74, 6) is 0.168. The molecule has 0 spiro atoms. The number of hydrogen-bond donors (Lipinski definition) is 1. The molecular weight excluding hydrogens is 246 g/mol. The standard InChI is InChI=1S/C13H23N3O3/c1-2-19-13(18)16-8-6-15(7-9-16)10-11-4-3-5-12(17)14-11/h11H,2-10H2,1H3,(H,14,17). The van der Waals surface area contributed by atoms with Crippen molar-refractivity contribution in [3.63, 3.8) is 0 Å². The maximum Gasteiger partial charge on any atom is 0.409 e. The van der Waals surface area contributed by atoms with Crippen LogP contribution in [0.1, 0.15) is 26.2 Å². The van der Waals surface area contributed by atoms with Gasteiger partial charge in [-0.15, -0.1) is 0 Å². The van der Waals surface area contributed by atoms with Gasteiger partial charge in [-0.3, -0.25) is 9.69 Å². The third kappa shape index (κ3) is 4.09. The maximum absolute atomic E-state index is 11.6. The molecule has 0 bridgehead atoms. The Morgan fingerprint density at radius 3 is 2.74 bits per heavy atom. The van der Waals surface area contributed by atoms with Crippen molar-refractivity contribution in [3.8, 4) is 0 Å². The predicted molar refractivity (Wildman–Crippen MR) is 70.8 cm³/mol. The Morgan fingerprint density at radius 1 is 1.37 bits per heavy atom. The summed E-state index contributed by atoms with van der Waals surface area (Å²) in [6, 6.07) is 0.274. The molecule has 0 aliphatic carbocycles. The molecule has 19 heavy (non-hydrogen) atoms. The fraction of sp³-hybridized carbons (Fsp3) is 0.846. The van der Waals surface area contributed by atoms with Crippen molar-refractivity contribution in [2.75, 3.05) is 39.3 Å². The van der Waals surface area contributed by atoms with Crippen LogP contribution >= 0.6 is 0 Å². The first kappa shape index (κ1) is 14.1. The van der Waals surface area contributed by atoms with Gasteiger partial charge in [0.15, 0.2) is 0 Å². The number of hydrogen-bond acceptors (Lipinski definition) is 4. The van der Waals surface area contributed by atoms with Crippen molar-refractivity contribution >= 4 is 12.0 Å². The summed E-state index contributed by atoms with van der Waals surface area (Å²) >= 11 is 0. The molecule has 2 aliphatic rings. The van der Waals surface area contributed by atoms with E-state index >= 15 is 0 Å². The molecule has 2 rings (SSSR count). The quantitative estimate of drug-likeness (QED) is 0.807. The highest BCUT2D eigenvalue weighted by Crippen LogP contribution is 2.11. The third-order valence-corrected chi connectivity index (χ3v) is 3.70. The van der Waals surface area contributed by atoms with E-state index in [-0.39, 0.29) is 18.0 Å². The monoisotopic (exact) mass is 269 g/mol. The van der Waals surface area contributed by atoms with Crippen LogP contribution in [-0.4, -0.2) is 67.2 Å². The van der Waals surface area contributed by atoms with Gasteiger partial charge in [-0.1, -0.05) is 0 Å². The summed E-state index contributed by atoms with van der Waals surface area (Å²) in [5.41, 5.74) is 0. The van der Waals surface area contributed by atoms with E-state index in [1.54, 1.807) is 4.90 Å². The Kier molecular flexibility index (Phi) is 5.01. The van der Waals surface area contributed by atoms with Gasteiger partial charge in [0.05, 0.1) is 6.61 Å². The minimum atomic E-state index is -0.215. The van der Waals surface area contributed by atoms with Crippen molar-refractivity contribution in [2.24, 2.45) is 0 Å². The van der Waals surface area contributed by atoms with Crippen molar-refractivity contribution in [2.45, 2.75) is 32.2 Å². The van der Waals surface area contributed by atoms with Gasteiger partial charge in [0.25, 0.3) is 0 Å². The number of piperidine rings is 1. The van der Waals surface area contributed by atoms with E-state index in [1.165, 1.54) is 0 Å². The second-order valence-corrected chi connectivity index (χ2v) is 5.14. The van der Waals surface area contributed by atoms with Gasteiger partial charge in [-0.2, -0.15) is 0 Å². The average molecular weight is 269 g/mol. The number of ether oxygens (including phenoxy) is 1. The second kappa shape index (κ2) is 6.75. The van der Waals surface area contributed by atoms with Crippen LogP contribution in [0.5, 0.6) is 0 Å². The first-order valence-corrected chi connectivity index (χ1v) is 7.12. The van der Waals surface area contributed by atoms with E-state index in [9.17, 15) is 9.59 Å². The Labute approximate surface area is 114 Å². The van der Waals surface area contributed by atoms with Gasteiger partial charge in [0.1, 0.15) is 0 Å². The number of amides is 2. The molecule has 2 aliphatic heterocycles. The summed E-state index contributed by atoms with van der Waals surface area (Å²) in [5, 5.41) is 3.03. The summed E-state index contributed by atoms with van der Waals surface area (Å²) in [6.07, 6.45) is 2.49. The molecule has 1 atom stereocenters. The van der Waals surface area contributed by atoms with E-state index in [2.05, 4.69) is 10.2 Å². The smallest absolute Gasteiger partial charge is 0.409 e. The zero-order chi connectivity index (χ0) is 13.7. The van der Waals surface area contributed by atoms with Crippen LogP contribution in [0, 0.1) is 0 Å². The number of nitrogens with one attached hydrogen (secondary N) is 1. The molecule has 0 radical (unpaired) electrons. The molecule has 2 fully saturated rings. The van der Waals surface area contributed by atoms with Crippen molar-refractivity contribution < 1.29 is 14.3 Å². The highest BCUT2D eigenvalue weighted by molar-refractivity contribution is 5.76. The molecule has 6 nitrogen and oxygen atoms in total. The van der Waals surface area contributed by atoms with Crippen molar-refractivity contribution in [1.29, 1.82) is 0 Å². The van der Waals surface area contributed by atoms with Crippen LogP contribution < -0.4 is 5.32 Å². The highest BCUT2D eigenvalue weighted by atomic mass is 16.6. The largest absolute Gasteiger partial charge is 0.450 e. The average Bonchev–Trinajstić information content (AvgIpc) is 2.40. The summed E-state index contributed by atoms with van der Waals surface area (Å²) < 4.78 is 4.99. The van der Waals surface area contributed by atoms with E-state index in [4.69, 9.17) is 4.74 Å². The molecule has 0 saturated carbocycles. The van der Waals surface area contributed by atoms with E-state index in [0.29, 0.717) is 26.1 Å². The lowest BCUT2D eigenvalue weighted by atomic mass is 10.0. The van der Waals surface area contributed by atoms with Gasteiger partial charge in [0.2, 0.25) is 5.91 Å². The van der Waals surface area contributed by atoms with E-state index in [0.717, 1.165) is 32.5 Å². The number of rotatable bonds is 3. The Morgan fingerprint density at radius 2 is 2.11 bits per heavy atom. The van der Waals surface area contributed by atoms with Crippen molar-refractivity contribution in [3.05, 3.63) is 0 Å². The number of carbonyl (C=O) groups excluding carboxylic acids is 2. The lowest BCUT2D eigenvalue weighted by molar-refractivity contribution is -0.123. The summed E-state index contributed by atoms with van der Waals surface area (Å²) in [6.45, 7) is 6.25. The Bertz CT molecular complexity index is 327. The van der Waals surface area contributed by atoms with Gasteiger partial charge < -0.3 is 15.0 Å². The number of nitrogens with zero attached hydrogens (tertiary/aromatic N) is 2. The summed E-state index contributed by atoms with van der Waals surface area (Å²) in [7, 11) is 0. The molecular formula is C13H23N3O3.